The molecular formula is C33H47N5O8S2. The van der Waals surface area contributed by atoms with Gasteiger partial charge in [-0.05, 0) is 70.4 Å². The zero-order valence-electron chi connectivity index (χ0n) is 28.4. The van der Waals surface area contributed by atoms with Gasteiger partial charge in [-0.3, -0.25) is 9.52 Å². The lowest BCUT2D eigenvalue weighted by atomic mass is 10.0. The zero-order valence-corrected chi connectivity index (χ0v) is 30.0. The summed E-state index contributed by atoms with van der Waals surface area (Å²) in [5.41, 5.74) is 1.22. The van der Waals surface area contributed by atoms with Crippen molar-refractivity contribution < 1.29 is 36.2 Å². The maximum Gasteiger partial charge on any atom is 0.261 e. The van der Waals surface area contributed by atoms with E-state index in [9.17, 15) is 26.7 Å². The van der Waals surface area contributed by atoms with E-state index in [0.29, 0.717) is 25.2 Å². The maximum absolute atomic E-state index is 14.4. The number of aromatic nitrogens is 2. The first-order chi connectivity index (χ1) is 22.6. The quantitative estimate of drug-likeness (QED) is 0.339. The van der Waals surface area contributed by atoms with Crippen LogP contribution in [0.15, 0.2) is 64.9 Å². The summed E-state index contributed by atoms with van der Waals surface area (Å²) < 4.78 is 70.9. The third-order valence-electron chi connectivity index (χ3n) is 8.43. The van der Waals surface area contributed by atoms with Crippen molar-refractivity contribution >= 4 is 31.6 Å². The van der Waals surface area contributed by atoms with E-state index < -0.39 is 38.1 Å². The number of likely N-dealkylation sites (N-methyl/N-ethyl adjacent to an activating group) is 1. The van der Waals surface area contributed by atoms with Gasteiger partial charge >= 0.3 is 0 Å². The highest BCUT2D eigenvalue weighted by Crippen LogP contribution is 2.30. The topological polar surface area (TPSA) is 160 Å². The lowest BCUT2D eigenvalue weighted by molar-refractivity contribution is -0.00835. The van der Waals surface area contributed by atoms with Gasteiger partial charge in [0.1, 0.15) is 5.75 Å². The molecule has 2 aromatic carbocycles. The summed E-state index contributed by atoms with van der Waals surface area (Å²) in [6.07, 6.45) is 4.10. The lowest BCUT2D eigenvalue weighted by Crippen LogP contribution is -2.48. The fourth-order valence-electron chi connectivity index (χ4n) is 5.41. The van der Waals surface area contributed by atoms with Crippen LogP contribution < -0.4 is 9.46 Å². The fourth-order valence-corrected chi connectivity index (χ4v) is 7.61. The van der Waals surface area contributed by atoms with Crippen molar-refractivity contribution in [2.24, 2.45) is 13.0 Å². The van der Waals surface area contributed by atoms with Crippen molar-refractivity contribution in [3.63, 3.8) is 0 Å². The Kier molecular flexibility index (Phi) is 12.3. The summed E-state index contributed by atoms with van der Waals surface area (Å²) in [7, 11) is -4.71. The molecule has 4 rings (SSSR count). The molecule has 0 fully saturated rings. The van der Waals surface area contributed by atoms with E-state index in [-0.39, 0.29) is 52.9 Å². The average Bonchev–Trinajstić information content (AvgIpc) is 3.49. The van der Waals surface area contributed by atoms with Crippen LogP contribution in [0.4, 0.5) is 5.69 Å². The van der Waals surface area contributed by atoms with Crippen LogP contribution in [0.1, 0.15) is 56.0 Å². The number of carbonyl (C=O) groups is 1. The molecule has 2 heterocycles. The molecule has 0 radical (unpaired) electrons. The molecule has 0 spiro atoms. The number of anilines is 1. The number of amides is 1. The number of nitrogens with zero attached hydrogens (tertiary/aromatic N) is 4. The minimum Gasteiger partial charge on any atom is -0.490 e. The second kappa shape index (κ2) is 15.8. The maximum atomic E-state index is 14.4. The van der Waals surface area contributed by atoms with Crippen molar-refractivity contribution in [3.8, 4) is 5.75 Å². The fraction of sp³-hybridized carbons (Fsp3) is 0.515. The Hall–Kier alpha value is -3.50. The van der Waals surface area contributed by atoms with Crippen LogP contribution >= 0.6 is 0 Å². The van der Waals surface area contributed by atoms with Gasteiger partial charge in [0.05, 0.1) is 41.6 Å². The smallest absolute Gasteiger partial charge is 0.261 e. The molecule has 1 aromatic heterocycles. The zero-order chi connectivity index (χ0) is 35.2. The number of rotatable bonds is 9. The molecule has 0 unspecified atom stereocenters. The molecule has 1 amide bonds. The number of sulfonamides is 2. The van der Waals surface area contributed by atoms with E-state index in [1.165, 1.54) is 47.0 Å². The van der Waals surface area contributed by atoms with Gasteiger partial charge in [0.2, 0.25) is 0 Å². The summed E-state index contributed by atoms with van der Waals surface area (Å²) >= 11 is 0. The summed E-state index contributed by atoms with van der Waals surface area (Å²) in [6, 6.07) is 10.4. The molecule has 0 aliphatic carbocycles. The van der Waals surface area contributed by atoms with Crippen LogP contribution in [0.25, 0.3) is 0 Å². The van der Waals surface area contributed by atoms with Crippen molar-refractivity contribution in [2.45, 2.75) is 75.1 Å². The minimum absolute atomic E-state index is 0.0106. The summed E-state index contributed by atoms with van der Waals surface area (Å²) in [6.45, 7) is 7.48. The van der Waals surface area contributed by atoms with E-state index in [0.717, 1.165) is 12.0 Å². The van der Waals surface area contributed by atoms with Crippen molar-refractivity contribution in [1.29, 1.82) is 0 Å². The van der Waals surface area contributed by atoms with Crippen LogP contribution in [0.2, 0.25) is 0 Å². The van der Waals surface area contributed by atoms with Crippen LogP contribution in [-0.2, 0) is 31.8 Å². The van der Waals surface area contributed by atoms with Crippen LogP contribution in [-0.4, -0.2) is 98.2 Å². The average molecular weight is 706 g/mol. The van der Waals surface area contributed by atoms with Gasteiger partial charge < -0.3 is 24.0 Å². The monoisotopic (exact) mass is 705 g/mol. The molecule has 0 saturated heterocycles. The van der Waals surface area contributed by atoms with Gasteiger partial charge in [-0.2, -0.15) is 4.31 Å². The Morgan fingerprint density at radius 3 is 2.46 bits per heavy atom. The highest BCUT2D eigenvalue weighted by Gasteiger charge is 2.33. The molecule has 13 nitrogen and oxygen atoms in total. The van der Waals surface area contributed by atoms with Gasteiger partial charge in [-0.1, -0.05) is 24.6 Å². The number of hydrogen-bond donors (Lipinski definition) is 2. The Labute approximate surface area is 284 Å². The Morgan fingerprint density at radius 2 is 1.81 bits per heavy atom. The number of aliphatic hydroxyl groups is 1. The molecule has 1 aliphatic rings. The highest BCUT2D eigenvalue weighted by molar-refractivity contribution is 7.92. The van der Waals surface area contributed by atoms with Gasteiger partial charge in [0.15, 0.2) is 5.03 Å². The molecule has 1 aliphatic heterocycles. The molecule has 2 N–H and O–H groups in total. The normalized spacial score (nSPS) is 20.9. The number of ether oxygens (including phenoxy) is 2. The van der Waals surface area contributed by atoms with Crippen molar-refractivity contribution in [1.82, 2.24) is 18.8 Å². The molecule has 0 saturated carbocycles. The van der Waals surface area contributed by atoms with E-state index in [2.05, 4.69) is 9.71 Å². The molecule has 48 heavy (non-hydrogen) atoms. The summed E-state index contributed by atoms with van der Waals surface area (Å²) in [5.74, 6) is -0.564. The number of aliphatic hydroxyl groups excluding tert-OH is 1. The number of hydrogen-bond acceptors (Lipinski definition) is 9. The van der Waals surface area contributed by atoms with Gasteiger partial charge in [-0.15, -0.1) is 0 Å². The summed E-state index contributed by atoms with van der Waals surface area (Å²) in [5, 5.41) is 10.1. The standard InChI is InChI=1S/C33H47N5O8S2/c1-23-10-13-28(14-11-23)47(41,42)35-27-12-15-30-29(17-27)33(40)38(25(3)21-39)18-24(2)31(45-16-8-7-9-26(4)46-30)19-37(6)48(43,44)32-20-36(5)22-34-32/h10-15,17,20,22,24-26,31,35,39H,7-9,16,18-19,21H2,1-6H3/t24-,25+,26+,31+/m1/s1. The number of fused-ring (bicyclic) bond motifs is 1. The summed E-state index contributed by atoms with van der Waals surface area (Å²) in [4.78, 5) is 19.9. The van der Waals surface area contributed by atoms with Crippen molar-refractivity contribution in [2.75, 3.05) is 38.1 Å². The van der Waals surface area contributed by atoms with Crippen LogP contribution in [0, 0.1) is 12.8 Å². The van der Waals surface area contributed by atoms with Crippen LogP contribution in [0.5, 0.6) is 5.75 Å². The first-order valence-corrected chi connectivity index (χ1v) is 18.9. The first kappa shape index (κ1) is 37.3. The number of benzene rings is 2. The van der Waals surface area contributed by atoms with E-state index in [1.807, 2.05) is 20.8 Å². The molecule has 0 bridgehead atoms. The van der Waals surface area contributed by atoms with Crippen molar-refractivity contribution in [3.05, 3.63) is 66.1 Å². The predicted molar refractivity (Wildman–Crippen MR) is 182 cm³/mol. The SMILES string of the molecule is Cc1ccc(S(=O)(=O)Nc2ccc3c(c2)C(=O)N([C@@H](C)CO)C[C@@H](C)[C@H](CN(C)S(=O)(=O)c2cn(C)cn2)OCCCC[C@H](C)O3)cc1. The number of imidazole rings is 1. The van der Waals surface area contributed by atoms with E-state index in [1.54, 1.807) is 42.8 Å². The number of carbonyl (C=O) groups excluding carboxylic acids is 1. The largest absolute Gasteiger partial charge is 0.490 e. The third kappa shape index (κ3) is 9.14. The molecule has 15 heteroatoms. The lowest BCUT2D eigenvalue weighted by Gasteiger charge is -2.35. The second-order valence-electron chi connectivity index (χ2n) is 12.6. The van der Waals surface area contributed by atoms with Crippen LogP contribution in [0.3, 0.4) is 0 Å². The second-order valence-corrected chi connectivity index (χ2v) is 16.3. The number of aryl methyl sites for hydroxylation is 2. The van der Waals surface area contributed by atoms with Gasteiger partial charge in [0, 0.05) is 51.6 Å². The van der Waals surface area contributed by atoms with E-state index >= 15 is 0 Å². The molecule has 264 valence electrons. The Bertz CT molecular complexity index is 1760. The highest BCUT2D eigenvalue weighted by atomic mass is 32.2. The Morgan fingerprint density at radius 1 is 1.10 bits per heavy atom. The molecular weight excluding hydrogens is 659 g/mol. The van der Waals surface area contributed by atoms with E-state index in [4.69, 9.17) is 9.47 Å². The predicted octanol–water partition coefficient (Wildman–Crippen LogP) is 3.65. The third-order valence-corrected chi connectivity index (χ3v) is 11.5. The minimum atomic E-state index is -3.96. The van der Waals surface area contributed by atoms with Gasteiger partial charge in [0.25, 0.3) is 26.0 Å². The first-order valence-electron chi connectivity index (χ1n) is 16.0. The Balaban J connectivity index is 1.68. The number of nitrogens with one attached hydrogen (secondary N) is 1. The van der Waals surface area contributed by atoms with Gasteiger partial charge in [-0.25, -0.2) is 21.8 Å². The molecule has 4 atom stereocenters. The molecule has 3 aromatic rings.